The van der Waals surface area contributed by atoms with Gasteiger partial charge in [-0.3, -0.25) is 9.59 Å². The number of β-lactam (4-membered cyclic amide) rings is 1. The molecule has 0 N–H and O–H groups in total. The minimum atomic E-state index is -0.470. The molecule has 0 unspecified atom stereocenters. The van der Waals surface area contributed by atoms with E-state index in [9.17, 15) is 14.0 Å². The van der Waals surface area contributed by atoms with Crippen LogP contribution in [0.25, 0.3) is 0 Å². The summed E-state index contributed by atoms with van der Waals surface area (Å²) in [4.78, 5) is 26.0. The van der Waals surface area contributed by atoms with Crippen LogP contribution in [0.1, 0.15) is 19.8 Å². The van der Waals surface area contributed by atoms with Crippen LogP contribution in [-0.4, -0.2) is 31.7 Å². The third-order valence-electron chi connectivity index (χ3n) is 3.17. The van der Waals surface area contributed by atoms with Crippen LogP contribution in [0, 0.1) is 5.82 Å². The Bertz CT molecular complexity index is 536. The average Bonchev–Trinajstić information content (AvgIpc) is 2.44. The van der Waals surface area contributed by atoms with E-state index in [1.165, 1.54) is 15.9 Å². The molecule has 1 heterocycles. The maximum absolute atomic E-state index is 14.1. The van der Waals surface area contributed by atoms with Gasteiger partial charge in [-0.2, -0.15) is 0 Å². The molecule has 0 atom stereocenters. The minimum Gasteiger partial charge on any atom is -0.317 e. The maximum atomic E-state index is 14.1. The highest BCUT2D eigenvalue weighted by Crippen LogP contribution is 2.37. The van der Waals surface area contributed by atoms with Gasteiger partial charge in [0.2, 0.25) is 12.3 Å². The Morgan fingerprint density at radius 1 is 1.50 bits per heavy atom. The molecule has 2 rings (SSSR count). The number of nitrogens with zero attached hydrogens (tertiary/aromatic N) is 2. The van der Waals surface area contributed by atoms with Crippen LogP contribution in [0.3, 0.4) is 0 Å². The highest BCUT2D eigenvalue weighted by atomic mass is 32.2. The summed E-state index contributed by atoms with van der Waals surface area (Å²) in [6.45, 7) is 2.61. The SMILES string of the molecule is CCCSc1cc(N2CCC2=O)c(F)cc1N(C)C=O. The van der Waals surface area contributed by atoms with E-state index in [-0.39, 0.29) is 5.91 Å². The zero-order chi connectivity index (χ0) is 14.7. The lowest BCUT2D eigenvalue weighted by Crippen LogP contribution is -2.44. The third-order valence-corrected chi connectivity index (χ3v) is 4.42. The zero-order valence-corrected chi connectivity index (χ0v) is 12.4. The van der Waals surface area contributed by atoms with Gasteiger partial charge in [-0.15, -0.1) is 11.8 Å². The summed E-state index contributed by atoms with van der Waals surface area (Å²) in [5.41, 5.74) is 0.843. The van der Waals surface area contributed by atoms with Crippen LogP contribution < -0.4 is 9.80 Å². The molecule has 0 bridgehead atoms. The highest BCUT2D eigenvalue weighted by molar-refractivity contribution is 7.99. The predicted molar refractivity (Wildman–Crippen MR) is 78.9 cm³/mol. The van der Waals surface area contributed by atoms with Crippen molar-refractivity contribution in [2.45, 2.75) is 24.7 Å². The van der Waals surface area contributed by atoms with Gasteiger partial charge in [-0.25, -0.2) is 4.39 Å². The van der Waals surface area contributed by atoms with Gasteiger partial charge < -0.3 is 9.80 Å². The topological polar surface area (TPSA) is 40.6 Å². The Morgan fingerprint density at radius 2 is 2.25 bits per heavy atom. The molecule has 2 amide bonds. The summed E-state index contributed by atoms with van der Waals surface area (Å²) in [5.74, 6) is 0.341. The van der Waals surface area contributed by atoms with Crippen molar-refractivity contribution in [3.63, 3.8) is 0 Å². The van der Waals surface area contributed by atoms with Crippen LogP contribution in [-0.2, 0) is 9.59 Å². The standard InChI is InChI=1S/C14H17FN2O2S/c1-3-6-20-13-8-11(17-5-4-14(17)19)10(15)7-12(13)16(2)9-18/h7-9H,3-6H2,1-2H3. The quantitative estimate of drug-likeness (QED) is 0.460. The second kappa shape index (κ2) is 6.26. The number of thioether (sulfide) groups is 1. The number of halogens is 1. The minimum absolute atomic E-state index is 0.0631. The third kappa shape index (κ3) is 2.80. The zero-order valence-electron chi connectivity index (χ0n) is 11.6. The number of rotatable bonds is 6. The van der Waals surface area contributed by atoms with Gasteiger partial charge in [0.15, 0.2) is 0 Å². The lowest BCUT2D eigenvalue weighted by molar-refractivity contribution is -0.122. The summed E-state index contributed by atoms with van der Waals surface area (Å²) < 4.78 is 14.1. The van der Waals surface area contributed by atoms with E-state index in [1.807, 2.05) is 0 Å². The molecule has 108 valence electrons. The highest BCUT2D eigenvalue weighted by Gasteiger charge is 2.28. The molecule has 0 spiro atoms. The molecule has 0 aromatic heterocycles. The number of hydrogen-bond donors (Lipinski definition) is 0. The molecule has 1 saturated heterocycles. The van der Waals surface area contributed by atoms with Gasteiger partial charge in [0.1, 0.15) is 5.82 Å². The van der Waals surface area contributed by atoms with Crippen LogP contribution in [0.2, 0.25) is 0 Å². The smallest absolute Gasteiger partial charge is 0.228 e. The Morgan fingerprint density at radius 3 is 2.75 bits per heavy atom. The summed E-state index contributed by atoms with van der Waals surface area (Å²) in [5, 5.41) is 0. The number of hydrogen-bond acceptors (Lipinski definition) is 3. The van der Waals surface area contributed by atoms with Crippen LogP contribution in [0.4, 0.5) is 15.8 Å². The van der Waals surface area contributed by atoms with Crippen LogP contribution in [0.5, 0.6) is 0 Å². The molecule has 0 aliphatic carbocycles. The second-order valence-electron chi connectivity index (χ2n) is 4.63. The van der Waals surface area contributed by atoms with E-state index in [1.54, 1.807) is 24.9 Å². The van der Waals surface area contributed by atoms with Crippen LogP contribution >= 0.6 is 11.8 Å². The number of carbonyl (C=O) groups is 2. The predicted octanol–water partition coefficient (Wildman–Crippen LogP) is 2.66. The molecular formula is C14H17FN2O2S. The molecule has 1 fully saturated rings. The van der Waals surface area contributed by atoms with Gasteiger partial charge in [0.05, 0.1) is 11.4 Å². The lowest BCUT2D eigenvalue weighted by atomic mass is 10.1. The van der Waals surface area contributed by atoms with Crippen molar-refractivity contribution < 1.29 is 14.0 Å². The molecule has 0 saturated carbocycles. The fraction of sp³-hybridized carbons (Fsp3) is 0.429. The Balaban J connectivity index is 2.40. The van der Waals surface area contributed by atoms with E-state index >= 15 is 0 Å². The lowest BCUT2D eigenvalue weighted by Gasteiger charge is -2.32. The Labute approximate surface area is 121 Å². The molecule has 1 aliphatic rings. The van der Waals surface area contributed by atoms with Gasteiger partial charge in [0, 0.05) is 31.0 Å². The van der Waals surface area contributed by atoms with Gasteiger partial charge in [0.25, 0.3) is 0 Å². The molecule has 4 nitrogen and oxygen atoms in total. The van der Waals surface area contributed by atoms with E-state index in [2.05, 4.69) is 6.92 Å². The van der Waals surface area contributed by atoms with E-state index < -0.39 is 5.82 Å². The fourth-order valence-corrected chi connectivity index (χ4v) is 2.94. The van der Waals surface area contributed by atoms with Crippen molar-refractivity contribution in [3.05, 3.63) is 17.9 Å². The fourth-order valence-electron chi connectivity index (χ4n) is 1.97. The first kappa shape index (κ1) is 14.8. The van der Waals surface area contributed by atoms with Gasteiger partial charge >= 0.3 is 0 Å². The normalized spacial score (nSPS) is 14.2. The summed E-state index contributed by atoms with van der Waals surface area (Å²) in [6.07, 6.45) is 2.09. The number of benzene rings is 1. The van der Waals surface area contributed by atoms with Crippen molar-refractivity contribution in [1.82, 2.24) is 0 Å². The number of anilines is 2. The molecule has 20 heavy (non-hydrogen) atoms. The van der Waals surface area contributed by atoms with Crippen molar-refractivity contribution in [2.24, 2.45) is 0 Å². The Kier molecular flexibility index (Phi) is 4.65. The van der Waals surface area contributed by atoms with E-state index in [4.69, 9.17) is 0 Å². The monoisotopic (exact) mass is 296 g/mol. The van der Waals surface area contributed by atoms with Crippen molar-refractivity contribution >= 4 is 35.5 Å². The summed E-state index contributed by atoms with van der Waals surface area (Å²) in [6, 6.07) is 3.00. The van der Waals surface area contributed by atoms with E-state index in [0.29, 0.717) is 30.8 Å². The van der Waals surface area contributed by atoms with Gasteiger partial charge in [-0.05, 0) is 18.2 Å². The number of amides is 2. The molecule has 0 radical (unpaired) electrons. The van der Waals surface area contributed by atoms with Crippen molar-refractivity contribution in [2.75, 3.05) is 29.1 Å². The number of carbonyl (C=O) groups excluding carboxylic acids is 2. The van der Waals surface area contributed by atoms with E-state index in [0.717, 1.165) is 17.1 Å². The molecule has 6 heteroatoms. The van der Waals surface area contributed by atoms with Crippen molar-refractivity contribution in [3.8, 4) is 0 Å². The maximum Gasteiger partial charge on any atom is 0.228 e. The molecule has 1 aliphatic heterocycles. The first-order valence-electron chi connectivity index (χ1n) is 6.53. The Hall–Kier alpha value is -1.56. The first-order chi connectivity index (χ1) is 9.58. The van der Waals surface area contributed by atoms with Crippen molar-refractivity contribution in [1.29, 1.82) is 0 Å². The molecular weight excluding hydrogens is 279 g/mol. The largest absolute Gasteiger partial charge is 0.317 e. The molecule has 1 aromatic carbocycles. The van der Waals surface area contributed by atoms with Crippen LogP contribution in [0.15, 0.2) is 17.0 Å². The summed E-state index contributed by atoms with van der Waals surface area (Å²) in [7, 11) is 1.59. The second-order valence-corrected chi connectivity index (χ2v) is 5.77. The average molecular weight is 296 g/mol. The first-order valence-corrected chi connectivity index (χ1v) is 7.52. The molecule has 1 aromatic rings. The van der Waals surface area contributed by atoms with Gasteiger partial charge in [-0.1, -0.05) is 6.92 Å². The summed E-state index contributed by atoms with van der Waals surface area (Å²) >= 11 is 1.56.